The van der Waals surface area contributed by atoms with Gasteiger partial charge in [0.1, 0.15) is 10.1 Å². The standard InChI is InChI=1S/C14H11N3O4S2/c1-8-10(17(19)21-16-8)7-20-11-5-3-2-4-9(11)6-12-13(18)15-14(22)23-12/h2-6H,7H2,1H3,(H,15,18,22)/b12-6+. The van der Waals surface area contributed by atoms with Crippen LogP contribution in [0.1, 0.15) is 17.0 Å². The van der Waals surface area contributed by atoms with Crippen LogP contribution >= 0.6 is 24.0 Å². The van der Waals surface area contributed by atoms with E-state index in [1.54, 1.807) is 25.1 Å². The number of thiocarbonyl (C=S) groups is 1. The molecule has 1 saturated heterocycles. The van der Waals surface area contributed by atoms with E-state index < -0.39 is 0 Å². The van der Waals surface area contributed by atoms with Crippen molar-refractivity contribution in [2.75, 3.05) is 0 Å². The van der Waals surface area contributed by atoms with E-state index in [1.807, 2.05) is 12.1 Å². The first-order valence-electron chi connectivity index (χ1n) is 6.56. The van der Waals surface area contributed by atoms with Crippen LogP contribution < -0.4 is 15.0 Å². The molecule has 23 heavy (non-hydrogen) atoms. The fourth-order valence-corrected chi connectivity index (χ4v) is 2.96. The van der Waals surface area contributed by atoms with Crippen LogP contribution in [0.3, 0.4) is 0 Å². The van der Waals surface area contributed by atoms with E-state index in [2.05, 4.69) is 15.1 Å². The van der Waals surface area contributed by atoms with Gasteiger partial charge in [0.05, 0.1) is 4.91 Å². The second-order valence-corrected chi connectivity index (χ2v) is 6.36. The van der Waals surface area contributed by atoms with Gasteiger partial charge in [-0.15, -0.1) is 0 Å². The van der Waals surface area contributed by atoms with Crippen molar-refractivity contribution in [1.29, 1.82) is 0 Å². The molecule has 0 bridgehead atoms. The first-order chi connectivity index (χ1) is 11.0. The number of carbonyl (C=O) groups excluding carboxylic acids is 1. The lowest BCUT2D eigenvalue weighted by Crippen LogP contribution is -2.29. The van der Waals surface area contributed by atoms with Gasteiger partial charge in [0, 0.05) is 17.6 Å². The second kappa shape index (κ2) is 6.39. The molecule has 1 N–H and O–H groups in total. The van der Waals surface area contributed by atoms with Crippen LogP contribution in [-0.4, -0.2) is 15.4 Å². The summed E-state index contributed by atoms with van der Waals surface area (Å²) in [5, 5.41) is 17.6. The van der Waals surface area contributed by atoms with Crippen LogP contribution in [0.2, 0.25) is 0 Å². The number of carbonyl (C=O) groups is 1. The Balaban J connectivity index is 1.83. The molecule has 1 aliphatic rings. The summed E-state index contributed by atoms with van der Waals surface area (Å²) < 4.78 is 10.6. The van der Waals surface area contributed by atoms with Crippen LogP contribution in [0.15, 0.2) is 33.8 Å². The molecule has 1 amide bonds. The van der Waals surface area contributed by atoms with Crippen LogP contribution in [0.5, 0.6) is 5.75 Å². The molecule has 1 aromatic carbocycles. The molecule has 0 radical (unpaired) electrons. The Morgan fingerprint density at radius 2 is 2.30 bits per heavy atom. The maximum Gasteiger partial charge on any atom is 0.263 e. The summed E-state index contributed by atoms with van der Waals surface area (Å²) in [6, 6.07) is 7.19. The number of hydrogen-bond acceptors (Lipinski definition) is 7. The molecule has 7 nitrogen and oxygen atoms in total. The monoisotopic (exact) mass is 349 g/mol. The number of rotatable bonds is 4. The molecule has 3 rings (SSSR count). The number of ether oxygens (including phenoxy) is 1. The molecular weight excluding hydrogens is 338 g/mol. The van der Waals surface area contributed by atoms with Gasteiger partial charge in [-0.3, -0.25) is 9.42 Å². The summed E-state index contributed by atoms with van der Waals surface area (Å²) in [5.74, 6) is 0.300. The summed E-state index contributed by atoms with van der Waals surface area (Å²) in [6.45, 7) is 1.67. The molecule has 2 aromatic rings. The van der Waals surface area contributed by atoms with Gasteiger partial charge >= 0.3 is 0 Å². The predicted molar refractivity (Wildman–Crippen MR) is 87.3 cm³/mol. The van der Waals surface area contributed by atoms with Crippen molar-refractivity contribution in [2.24, 2.45) is 0 Å². The molecular formula is C14H11N3O4S2. The highest BCUT2D eigenvalue weighted by molar-refractivity contribution is 8.26. The number of para-hydroxylation sites is 1. The molecule has 1 aliphatic heterocycles. The predicted octanol–water partition coefficient (Wildman–Crippen LogP) is 1.68. The maximum atomic E-state index is 11.7. The Kier molecular flexibility index (Phi) is 4.30. The number of aromatic nitrogens is 2. The number of aryl methyl sites for hydroxylation is 1. The van der Waals surface area contributed by atoms with E-state index >= 15 is 0 Å². The Hall–Kier alpha value is -2.39. The molecule has 0 spiro atoms. The highest BCUT2D eigenvalue weighted by Gasteiger charge is 2.22. The normalized spacial score (nSPS) is 16.0. The van der Waals surface area contributed by atoms with Gasteiger partial charge < -0.3 is 15.3 Å². The van der Waals surface area contributed by atoms with Gasteiger partial charge in [0.2, 0.25) is 11.4 Å². The third kappa shape index (κ3) is 3.35. The summed E-state index contributed by atoms with van der Waals surface area (Å²) in [6.07, 6.45) is 1.69. The first-order valence-corrected chi connectivity index (χ1v) is 7.79. The topological polar surface area (TPSA) is 91.3 Å². The minimum atomic E-state index is -0.234. The third-order valence-electron chi connectivity index (χ3n) is 3.10. The lowest BCUT2D eigenvalue weighted by atomic mass is 10.2. The zero-order valence-electron chi connectivity index (χ0n) is 11.9. The van der Waals surface area contributed by atoms with Crippen LogP contribution in [0, 0.1) is 12.1 Å². The number of hydrogen-bond donors (Lipinski definition) is 1. The molecule has 1 fully saturated rings. The van der Waals surface area contributed by atoms with Crippen molar-refractivity contribution >= 4 is 40.3 Å². The third-order valence-corrected chi connectivity index (χ3v) is 4.26. The number of thioether (sulfide) groups is 1. The van der Waals surface area contributed by atoms with E-state index in [0.29, 0.717) is 36.8 Å². The summed E-state index contributed by atoms with van der Waals surface area (Å²) in [7, 11) is 0. The number of nitrogens with zero attached hydrogens (tertiary/aromatic N) is 2. The van der Waals surface area contributed by atoms with Crippen molar-refractivity contribution < 1.29 is 19.1 Å². The molecule has 0 aliphatic carbocycles. The highest BCUT2D eigenvalue weighted by Crippen LogP contribution is 2.29. The van der Waals surface area contributed by atoms with Crippen molar-refractivity contribution in [3.63, 3.8) is 0 Å². The van der Waals surface area contributed by atoms with Crippen molar-refractivity contribution in [3.8, 4) is 5.75 Å². The van der Waals surface area contributed by atoms with Crippen LogP contribution in [-0.2, 0) is 11.4 Å². The van der Waals surface area contributed by atoms with Gasteiger partial charge in [-0.2, -0.15) is 0 Å². The van der Waals surface area contributed by atoms with Crippen LogP contribution in [0.4, 0.5) is 0 Å². The Bertz CT molecular complexity index is 797. The summed E-state index contributed by atoms with van der Waals surface area (Å²) >= 11 is 6.16. The number of nitrogens with one attached hydrogen (secondary N) is 1. The first kappa shape index (κ1) is 15.5. The van der Waals surface area contributed by atoms with E-state index in [-0.39, 0.29) is 12.5 Å². The van der Waals surface area contributed by atoms with Crippen molar-refractivity contribution in [3.05, 3.63) is 51.3 Å². The summed E-state index contributed by atoms with van der Waals surface area (Å²) in [5.41, 5.74) is 1.47. The van der Waals surface area contributed by atoms with E-state index in [9.17, 15) is 10.0 Å². The van der Waals surface area contributed by atoms with Gasteiger partial charge in [0.25, 0.3) is 5.91 Å². The van der Waals surface area contributed by atoms with Crippen LogP contribution in [0.25, 0.3) is 6.08 Å². The fourth-order valence-electron chi connectivity index (χ4n) is 1.93. The van der Waals surface area contributed by atoms with Gasteiger partial charge in [-0.25, -0.2) is 0 Å². The minimum Gasteiger partial charge on any atom is -0.484 e. The van der Waals surface area contributed by atoms with E-state index in [4.69, 9.17) is 17.0 Å². The minimum absolute atomic E-state index is 0.0107. The Morgan fingerprint density at radius 3 is 2.96 bits per heavy atom. The van der Waals surface area contributed by atoms with E-state index in [1.165, 1.54) is 11.8 Å². The Morgan fingerprint density at radius 1 is 1.52 bits per heavy atom. The zero-order valence-corrected chi connectivity index (χ0v) is 13.6. The highest BCUT2D eigenvalue weighted by atomic mass is 32.2. The summed E-state index contributed by atoms with van der Waals surface area (Å²) in [4.78, 5) is 12.5. The molecule has 118 valence electrons. The quantitative estimate of drug-likeness (QED) is 0.510. The smallest absolute Gasteiger partial charge is 0.263 e. The maximum absolute atomic E-state index is 11.7. The molecule has 1 aromatic heterocycles. The lowest BCUT2D eigenvalue weighted by Gasteiger charge is -2.08. The fraction of sp³-hybridized carbons (Fsp3) is 0.143. The number of amides is 1. The number of benzene rings is 1. The molecule has 0 saturated carbocycles. The second-order valence-electron chi connectivity index (χ2n) is 4.64. The van der Waals surface area contributed by atoms with Crippen molar-refractivity contribution in [2.45, 2.75) is 13.5 Å². The average Bonchev–Trinajstić information content (AvgIpc) is 3.00. The van der Waals surface area contributed by atoms with Gasteiger partial charge in [-0.1, -0.05) is 42.2 Å². The van der Waals surface area contributed by atoms with Gasteiger partial charge in [-0.05, 0) is 17.0 Å². The lowest BCUT2D eigenvalue weighted by molar-refractivity contribution is -0.808. The molecule has 0 atom stereocenters. The molecule has 9 heteroatoms. The zero-order chi connectivity index (χ0) is 16.4. The molecule has 0 unspecified atom stereocenters. The molecule has 2 heterocycles. The van der Waals surface area contributed by atoms with E-state index in [0.717, 1.165) is 0 Å². The van der Waals surface area contributed by atoms with Crippen molar-refractivity contribution in [1.82, 2.24) is 10.5 Å². The SMILES string of the molecule is Cc1no[n+]([O-])c1COc1ccccc1/C=C1/SC(=S)NC1=O. The van der Waals surface area contributed by atoms with Gasteiger partial charge in [0.15, 0.2) is 6.61 Å². The Labute approximate surface area is 140 Å². The largest absolute Gasteiger partial charge is 0.484 e. The average molecular weight is 349 g/mol.